The molecule has 2 heterocycles. The number of nitrogens with one attached hydrogen (secondary N) is 1. The molecule has 0 bridgehead atoms. The molecule has 0 fully saturated rings. The summed E-state index contributed by atoms with van der Waals surface area (Å²) in [7, 11) is 1.09. The maximum Gasteiger partial charge on any atom is 0.333 e. The number of ketones is 1. The lowest BCUT2D eigenvalue weighted by Gasteiger charge is -2.23. The van der Waals surface area contributed by atoms with Gasteiger partial charge in [0, 0.05) is 4.90 Å². The smallest absolute Gasteiger partial charge is 0.333 e. The van der Waals surface area contributed by atoms with E-state index in [1.54, 1.807) is 54.6 Å². The second-order valence-corrected chi connectivity index (χ2v) is 9.71. The Morgan fingerprint density at radius 3 is 2.38 bits per heavy atom. The normalized spacial score (nSPS) is 14.2. The summed E-state index contributed by atoms with van der Waals surface area (Å²) in [5.41, 5.74) is 4.74. The number of aromatic nitrogens is 2. The largest absolute Gasteiger partial charge is 0.468 e. The van der Waals surface area contributed by atoms with E-state index in [9.17, 15) is 28.8 Å². The summed E-state index contributed by atoms with van der Waals surface area (Å²) in [4.78, 5) is 76.7. The number of amides is 1. The molecule has 2 aromatic carbocycles. The molecule has 3 N–H and O–H groups in total. The average molecular weight is 553 g/mol. The summed E-state index contributed by atoms with van der Waals surface area (Å²) in [6.07, 6.45) is -0.326. The Labute approximate surface area is 225 Å². The molecule has 202 valence electrons. The van der Waals surface area contributed by atoms with Gasteiger partial charge in [-0.25, -0.2) is 9.36 Å². The van der Waals surface area contributed by atoms with Crippen LogP contribution in [-0.2, 0) is 36.9 Å². The number of benzene rings is 2. The summed E-state index contributed by atoms with van der Waals surface area (Å²) in [6, 6.07) is 15.8. The molecule has 0 spiro atoms. The van der Waals surface area contributed by atoms with Gasteiger partial charge >= 0.3 is 17.6 Å². The van der Waals surface area contributed by atoms with Crippen LogP contribution in [0.5, 0.6) is 0 Å². The molecule has 13 heteroatoms. The van der Waals surface area contributed by atoms with E-state index in [0.29, 0.717) is 15.8 Å². The summed E-state index contributed by atoms with van der Waals surface area (Å²) in [5, 5.41) is 1.93. The molecule has 3 aromatic rings. The quantitative estimate of drug-likeness (QED) is 0.289. The number of rotatable bonds is 9. The average Bonchev–Trinajstić information content (AvgIpc) is 2.93. The fraction of sp³-hybridized carbons (Fsp3) is 0.231. The molecule has 1 amide bonds. The van der Waals surface area contributed by atoms with Crippen molar-refractivity contribution in [1.82, 2.24) is 9.13 Å². The van der Waals surface area contributed by atoms with Crippen molar-refractivity contribution in [3.05, 3.63) is 86.6 Å². The van der Waals surface area contributed by atoms with Crippen LogP contribution in [0.4, 0.5) is 11.5 Å². The van der Waals surface area contributed by atoms with Crippen LogP contribution in [0.25, 0.3) is 0 Å². The minimum Gasteiger partial charge on any atom is -0.468 e. The van der Waals surface area contributed by atoms with Crippen LogP contribution in [-0.4, -0.2) is 51.7 Å². The molecule has 0 saturated heterocycles. The van der Waals surface area contributed by atoms with Crippen LogP contribution in [0.1, 0.15) is 22.3 Å². The number of nitrogens with two attached hydrogens (primary N) is 1. The van der Waals surface area contributed by atoms with Crippen molar-refractivity contribution < 1.29 is 28.7 Å². The summed E-state index contributed by atoms with van der Waals surface area (Å²) in [6.45, 7) is -1.71. The topological polar surface area (TPSA) is 169 Å². The first kappa shape index (κ1) is 27.4. The van der Waals surface area contributed by atoms with Gasteiger partial charge in [0.2, 0.25) is 11.7 Å². The van der Waals surface area contributed by atoms with E-state index in [-0.39, 0.29) is 18.9 Å². The van der Waals surface area contributed by atoms with Gasteiger partial charge < -0.3 is 20.5 Å². The Hall–Kier alpha value is -4.65. The zero-order chi connectivity index (χ0) is 28.1. The van der Waals surface area contributed by atoms with Crippen LogP contribution in [0.2, 0.25) is 0 Å². The van der Waals surface area contributed by atoms with E-state index in [2.05, 4.69) is 10.1 Å². The highest BCUT2D eigenvalue weighted by atomic mass is 32.2. The number of para-hydroxylation sites is 1. The van der Waals surface area contributed by atoms with Crippen LogP contribution in [0.3, 0.4) is 0 Å². The van der Waals surface area contributed by atoms with Gasteiger partial charge in [-0.05, 0) is 17.7 Å². The lowest BCUT2D eigenvalue weighted by atomic mass is 10.1. The SMILES string of the molecule is COC(=O)Cn1c(=O)c(C(=O)COC(=O)C[C@H]2Sc3ccccc3NC2=O)c(N)n(Cc2ccccc2)c1=O. The van der Waals surface area contributed by atoms with Gasteiger partial charge in [0.1, 0.15) is 17.9 Å². The number of Topliss-reactive ketones (excluding diaryl/α,β-unsaturated/α-hetero) is 1. The van der Waals surface area contributed by atoms with E-state index in [0.717, 1.165) is 16.6 Å². The monoisotopic (exact) mass is 552 g/mol. The number of carbonyl (C=O) groups is 4. The Bertz CT molecular complexity index is 1560. The Morgan fingerprint density at radius 2 is 1.67 bits per heavy atom. The lowest BCUT2D eigenvalue weighted by Crippen LogP contribution is -2.46. The standard InChI is InChI=1S/C26H24N4O8S/c1-37-21(33)13-30-25(35)22(23(27)29(26(30)36)12-15-7-3-2-4-8-15)17(31)14-38-20(32)11-19-24(34)28-16-9-5-6-10-18(16)39-19/h2-10,19H,11-14,27H2,1H3,(H,28,34)/t19-/m1/s1. The molecule has 1 atom stereocenters. The van der Waals surface area contributed by atoms with Crippen LogP contribution in [0, 0.1) is 0 Å². The highest BCUT2D eigenvalue weighted by Crippen LogP contribution is 2.36. The number of hydrogen-bond donors (Lipinski definition) is 2. The Morgan fingerprint density at radius 1 is 0.974 bits per heavy atom. The Balaban J connectivity index is 1.55. The molecular formula is C26H24N4O8S. The van der Waals surface area contributed by atoms with Gasteiger partial charge in [0.25, 0.3) is 5.56 Å². The number of nitrogens with zero attached hydrogens (tertiary/aromatic N) is 2. The summed E-state index contributed by atoms with van der Waals surface area (Å²) < 4.78 is 11.2. The van der Waals surface area contributed by atoms with Gasteiger partial charge in [0.05, 0.1) is 31.0 Å². The molecule has 0 unspecified atom stereocenters. The van der Waals surface area contributed by atoms with Crippen molar-refractivity contribution in [2.24, 2.45) is 0 Å². The number of thioether (sulfide) groups is 1. The number of nitrogen functional groups attached to an aromatic ring is 1. The van der Waals surface area contributed by atoms with Crippen molar-refractivity contribution in [3.63, 3.8) is 0 Å². The first-order valence-electron chi connectivity index (χ1n) is 11.7. The van der Waals surface area contributed by atoms with Crippen molar-refractivity contribution >= 4 is 46.9 Å². The zero-order valence-electron chi connectivity index (χ0n) is 20.7. The molecule has 1 aliphatic heterocycles. The molecule has 1 aliphatic rings. The van der Waals surface area contributed by atoms with Crippen LogP contribution in [0.15, 0.2) is 69.1 Å². The maximum absolute atomic E-state index is 13.1. The van der Waals surface area contributed by atoms with Crippen LogP contribution < -0.4 is 22.3 Å². The minimum atomic E-state index is -1.12. The molecule has 12 nitrogen and oxygen atoms in total. The fourth-order valence-corrected chi connectivity index (χ4v) is 4.98. The van der Waals surface area contributed by atoms with E-state index in [4.69, 9.17) is 10.5 Å². The second kappa shape index (κ2) is 11.8. The third-order valence-corrected chi connectivity index (χ3v) is 7.14. The van der Waals surface area contributed by atoms with Crippen molar-refractivity contribution in [2.75, 3.05) is 24.8 Å². The molecule has 1 aromatic heterocycles. The number of carbonyl (C=O) groups excluding carboxylic acids is 4. The lowest BCUT2D eigenvalue weighted by molar-refractivity contribution is -0.143. The molecule has 39 heavy (non-hydrogen) atoms. The molecule has 0 aliphatic carbocycles. The predicted octanol–water partition coefficient (Wildman–Crippen LogP) is 1.04. The third-order valence-electron chi connectivity index (χ3n) is 5.87. The van der Waals surface area contributed by atoms with E-state index in [1.165, 1.54) is 11.8 Å². The number of esters is 2. The second-order valence-electron chi connectivity index (χ2n) is 8.46. The van der Waals surface area contributed by atoms with Crippen molar-refractivity contribution in [2.45, 2.75) is 29.7 Å². The number of anilines is 2. The highest BCUT2D eigenvalue weighted by Gasteiger charge is 2.30. The molecule has 4 rings (SSSR count). The number of hydrogen-bond acceptors (Lipinski definition) is 10. The number of methoxy groups -OCH3 is 1. The first-order chi connectivity index (χ1) is 18.7. The maximum atomic E-state index is 13.1. The highest BCUT2D eigenvalue weighted by molar-refractivity contribution is 8.01. The van der Waals surface area contributed by atoms with E-state index < -0.39 is 58.8 Å². The number of fused-ring (bicyclic) bond motifs is 1. The van der Waals surface area contributed by atoms with E-state index >= 15 is 0 Å². The Kier molecular flexibility index (Phi) is 8.30. The first-order valence-corrected chi connectivity index (χ1v) is 12.6. The summed E-state index contributed by atoms with van der Waals surface area (Å²) >= 11 is 1.19. The molecule has 0 radical (unpaired) electrons. The van der Waals surface area contributed by atoms with Gasteiger partial charge in [0.15, 0.2) is 6.61 Å². The number of ether oxygens (including phenoxy) is 2. The fourth-order valence-electron chi connectivity index (χ4n) is 3.88. The summed E-state index contributed by atoms with van der Waals surface area (Å²) in [5.74, 6) is -3.53. The van der Waals surface area contributed by atoms with Gasteiger partial charge in [-0.2, -0.15) is 0 Å². The van der Waals surface area contributed by atoms with Gasteiger partial charge in [-0.1, -0.05) is 42.5 Å². The van der Waals surface area contributed by atoms with E-state index in [1.807, 2.05) is 0 Å². The molecular weight excluding hydrogens is 528 g/mol. The van der Waals surface area contributed by atoms with Gasteiger partial charge in [-0.3, -0.25) is 28.5 Å². The zero-order valence-corrected chi connectivity index (χ0v) is 21.6. The molecule has 0 saturated carbocycles. The van der Waals surface area contributed by atoms with Crippen molar-refractivity contribution in [1.29, 1.82) is 0 Å². The van der Waals surface area contributed by atoms with Crippen molar-refractivity contribution in [3.8, 4) is 0 Å². The minimum absolute atomic E-state index is 0.0947. The predicted molar refractivity (Wildman–Crippen MR) is 142 cm³/mol. The van der Waals surface area contributed by atoms with Crippen LogP contribution >= 0.6 is 11.8 Å². The van der Waals surface area contributed by atoms with Gasteiger partial charge in [-0.15, -0.1) is 11.8 Å². The third kappa shape index (κ3) is 6.09.